The van der Waals surface area contributed by atoms with Gasteiger partial charge in [-0.2, -0.15) is 0 Å². The zero-order valence-corrected chi connectivity index (χ0v) is 11.6. The van der Waals surface area contributed by atoms with E-state index in [9.17, 15) is 9.90 Å². The first-order chi connectivity index (χ1) is 8.45. The first kappa shape index (κ1) is 14.5. The van der Waals surface area contributed by atoms with Crippen molar-refractivity contribution in [1.82, 2.24) is 4.90 Å². The second-order valence-electron chi connectivity index (χ2n) is 4.66. The van der Waals surface area contributed by atoms with Crippen LogP contribution < -0.4 is 4.90 Å². The molecule has 1 aromatic carbocycles. The van der Waals surface area contributed by atoms with Gasteiger partial charge < -0.3 is 14.9 Å². The molecule has 18 heavy (non-hydrogen) atoms. The van der Waals surface area contributed by atoms with Crippen molar-refractivity contribution in [2.75, 3.05) is 32.6 Å². The first-order valence-corrected chi connectivity index (χ1v) is 6.15. The maximum absolute atomic E-state index is 11.6. The topological polar surface area (TPSA) is 43.8 Å². The lowest BCUT2D eigenvalue weighted by molar-refractivity contribution is -0.127. The molecule has 0 fully saturated rings. The highest BCUT2D eigenvalue weighted by molar-refractivity contribution is 5.80. The normalized spacial score (nSPS) is 12.1. The molecule has 0 heterocycles. The molecule has 0 radical (unpaired) electrons. The molecular weight excluding hydrogens is 228 g/mol. The molecule has 0 spiro atoms. The van der Waals surface area contributed by atoms with Crippen LogP contribution in [-0.4, -0.2) is 43.6 Å². The Balaban J connectivity index is 2.70. The van der Waals surface area contributed by atoms with E-state index in [1.165, 1.54) is 0 Å². The van der Waals surface area contributed by atoms with E-state index in [1.807, 2.05) is 43.1 Å². The molecule has 0 saturated carbocycles. The Morgan fingerprint density at radius 2 is 1.78 bits per heavy atom. The third kappa shape index (κ3) is 3.74. The predicted octanol–water partition coefficient (Wildman–Crippen LogP) is 1.65. The lowest BCUT2D eigenvalue weighted by atomic mass is 10.1. The fourth-order valence-corrected chi connectivity index (χ4v) is 1.62. The molecule has 1 N–H and O–H groups in total. The van der Waals surface area contributed by atoms with Gasteiger partial charge in [0.1, 0.15) is 0 Å². The second-order valence-corrected chi connectivity index (χ2v) is 4.66. The quantitative estimate of drug-likeness (QED) is 0.864. The largest absolute Gasteiger partial charge is 0.388 e. The van der Waals surface area contributed by atoms with Crippen molar-refractivity contribution in [3.8, 4) is 0 Å². The summed E-state index contributed by atoms with van der Waals surface area (Å²) in [5.74, 6) is 0.0650. The summed E-state index contributed by atoms with van der Waals surface area (Å²) >= 11 is 0. The van der Waals surface area contributed by atoms with E-state index in [0.717, 1.165) is 11.3 Å². The molecule has 1 amide bonds. The third-order valence-corrected chi connectivity index (χ3v) is 2.98. The highest BCUT2D eigenvalue weighted by Crippen LogP contribution is 2.20. The fourth-order valence-electron chi connectivity index (χ4n) is 1.62. The average molecular weight is 250 g/mol. The number of carbonyl (C=O) groups is 1. The Hall–Kier alpha value is -1.55. The van der Waals surface area contributed by atoms with Crippen molar-refractivity contribution in [2.45, 2.75) is 19.4 Å². The minimum atomic E-state index is -0.409. The highest BCUT2D eigenvalue weighted by atomic mass is 16.3. The number of amides is 1. The van der Waals surface area contributed by atoms with Crippen molar-refractivity contribution in [3.05, 3.63) is 29.8 Å². The Kier molecular flexibility index (Phi) is 5.16. The summed E-state index contributed by atoms with van der Waals surface area (Å²) in [5.41, 5.74) is 1.88. The zero-order chi connectivity index (χ0) is 13.7. The van der Waals surface area contributed by atoms with Gasteiger partial charge in [-0.3, -0.25) is 4.79 Å². The van der Waals surface area contributed by atoms with Gasteiger partial charge in [-0.15, -0.1) is 0 Å². The standard InChI is InChI=1S/C14H22N2O2/c1-5-13(17)11-6-8-12(9-7-11)16(4)10-14(18)15(2)3/h6-9,13,17H,5,10H2,1-4H3. The van der Waals surface area contributed by atoms with Crippen LogP contribution in [0, 0.1) is 0 Å². The van der Waals surface area contributed by atoms with Crippen LogP contribution in [0.25, 0.3) is 0 Å². The molecule has 1 atom stereocenters. The van der Waals surface area contributed by atoms with Crippen LogP contribution in [0.1, 0.15) is 25.0 Å². The summed E-state index contributed by atoms with van der Waals surface area (Å²) in [4.78, 5) is 15.1. The number of anilines is 1. The van der Waals surface area contributed by atoms with Gasteiger partial charge in [-0.25, -0.2) is 0 Å². The monoisotopic (exact) mass is 250 g/mol. The number of likely N-dealkylation sites (N-methyl/N-ethyl adjacent to an activating group) is 2. The van der Waals surface area contributed by atoms with Crippen LogP contribution in [0.4, 0.5) is 5.69 Å². The average Bonchev–Trinajstić information content (AvgIpc) is 2.37. The van der Waals surface area contributed by atoms with Crippen LogP contribution in [0.2, 0.25) is 0 Å². The zero-order valence-electron chi connectivity index (χ0n) is 11.6. The Bertz CT molecular complexity index is 387. The molecule has 4 nitrogen and oxygen atoms in total. The van der Waals surface area contributed by atoms with Crippen LogP contribution in [0.3, 0.4) is 0 Å². The number of hydrogen-bond donors (Lipinski definition) is 1. The van der Waals surface area contributed by atoms with Crippen molar-refractivity contribution in [2.24, 2.45) is 0 Å². The molecule has 0 saturated heterocycles. The molecule has 1 aromatic rings. The predicted molar refractivity (Wildman–Crippen MR) is 73.7 cm³/mol. The van der Waals surface area contributed by atoms with Gasteiger partial charge in [0.25, 0.3) is 0 Å². The summed E-state index contributed by atoms with van der Waals surface area (Å²) in [5, 5.41) is 9.70. The summed E-state index contributed by atoms with van der Waals surface area (Å²) in [6.07, 6.45) is 0.293. The summed E-state index contributed by atoms with van der Waals surface area (Å²) < 4.78 is 0. The minimum Gasteiger partial charge on any atom is -0.388 e. The van der Waals surface area contributed by atoms with Gasteiger partial charge in [0.15, 0.2) is 0 Å². The van der Waals surface area contributed by atoms with Gasteiger partial charge in [0.05, 0.1) is 12.6 Å². The van der Waals surface area contributed by atoms with Gasteiger partial charge in [0, 0.05) is 26.8 Å². The second kappa shape index (κ2) is 6.40. The lowest BCUT2D eigenvalue weighted by Gasteiger charge is -2.21. The van der Waals surface area contributed by atoms with Crippen molar-refractivity contribution >= 4 is 11.6 Å². The Morgan fingerprint density at radius 3 is 2.22 bits per heavy atom. The molecule has 0 aliphatic carbocycles. The fraction of sp³-hybridized carbons (Fsp3) is 0.500. The SMILES string of the molecule is CCC(O)c1ccc(N(C)CC(=O)N(C)C)cc1. The van der Waals surface area contributed by atoms with Gasteiger partial charge in [-0.05, 0) is 24.1 Å². The molecule has 0 aliphatic heterocycles. The number of aliphatic hydroxyl groups excluding tert-OH is 1. The number of carbonyl (C=O) groups excluding carboxylic acids is 1. The maximum Gasteiger partial charge on any atom is 0.241 e. The van der Waals surface area contributed by atoms with E-state index in [1.54, 1.807) is 19.0 Å². The molecule has 4 heteroatoms. The molecule has 100 valence electrons. The molecular formula is C14H22N2O2. The molecule has 0 bridgehead atoms. The maximum atomic E-state index is 11.6. The summed E-state index contributed by atoms with van der Waals surface area (Å²) in [6, 6.07) is 7.66. The van der Waals surface area contributed by atoms with Crippen LogP contribution >= 0.6 is 0 Å². The third-order valence-electron chi connectivity index (χ3n) is 2.98. The number of rotatable bonds is 5. The number of benzene rings is 1. The van der Waals surface area contributed by atoms with E-state index in [2.05, 4.69) is 0 Å². The van der Waals surface area contributed by atoms with Crippen LogP contribution in [0.15, 0.2) is 24.3 Å². The summed E-state index contributed by atoms with van der Waals surface area (Å²) in [7, 11) is 5.38. The van der Waals surface area contributed by atoms with Gasteiger partial charge in [0.2, 0.25) is 5.91 Å². The molecule has 0 aliphatic rings. The van der Waals surface area contributed by atoms with E-state index < -0.39 is 6.10 Å². The number of hydrogen-bond acceptors (Lipinski definition) is 3. The first-order valence-electron chi connectivity index (χ1n) is 6.15. The molecule has 0 aromatic heterocycles. The summed E-state index contributed by atoms with van der Waals surface area (Å²) in [6.45, 7) is 2.29. The van der Waals surface area contributed by atoms with E-state index in [0.29, 0.717) is 13.0 Å². The van der Waals surface area contributed by atoms with Crippen LogP contribution in [0.5, 0.6) is 0 Å². The van der Waals surface area contributed by atoms with E-state index >= 15 is 0 Å². The molecule has 1 rings (SSSR count). The van der Waals surface area contributed by atoms with Gasteiger partial charge >= 0.3 is 0 Å². The van der Waals surface area contributed by atoms with E-state index in [4.69, 9.17) is 0 Å². The Labute approximate surface area is 109 Å². The van der Waals surface area contributed by atoms with Crippen molar-refractivity contribution < 1.29 is 9.90 Å². The highest BCUT2D eigenvalue weighted by Gasteiger charge is 2.10. The molecule has 1 unspecified atom stereocenters. The van der Waals surface area contributed by atoms with Crippen molar-refractivity contribution in [1.29, 1.82) is 0 Å². The Morgan fingerprint density at radius 1 is 1.22 bits per heavy atom. The van der Waals surface area contributed by atoms with E-state index in [-0.39, 0.29) is 5.91 Å². The lowest BCUT2D eigenvalue weighted by Crippen LogP contribution is -2.34. The minimum absolute atomic E-state index is 0.0650. The van der Waals surface area contributed by atoms with Crippen molar-refractivity contribution in [3.63, 3.8) is 0 Å². The van der Waals surface area contributed by atoms with Gasteiger partial charge in [-0.1, -0.05) is 19.1 Å². The van der Waals surface area contributed by atoms with Crippen LogP contribution in [-0.2, 0) is 4.79 Å². The number of nitrogens with zero attached hydrogens (tertiary/aromatic N) is 2. The number of aliphatic hydroxyl groups is 1. The smallest absolute Gasteiger partial charge is 0.241 e.